The van der Waals surface area contributed by atoms with Gasteiger partial charge in [0.25, 0.3) is 5.91 Å². The van der Waals surface area contributed by atoms with Gasteiger partial charge in [0.1, 0.15) is 0 Å². The molecule has 0 radical (unpaired) electrons. The number of carbonyl (C=O) groups excluding carboxylic acids is 1. The van der Waals surface area contributed by atoms with Crippen molar-refractivity contribution in [3.05, 3.63) is 58.9 Å². The molecular formula is C15H16ClN2O+. The minimum atomic E-state index is -0.0702. The van der Waals surface area contributed by atoms with Gasteiger partial charge in [0.2, 0.25) is 6.54 Å². The van der Waals surface area contributed by atoms with Gasteiger partial charge in [0.05, 0.1) is 0 Å². The fourth-order valence-electron chi connectivity index (χ4n) is 1.72. The molecule has 1 aromatic carbocycles. The summed E-state index contributed by atoms with van der Waals surface area (Å²) >= 11 is 5.92. The molecule has 4 heteroatoms. The molecule has 0 saturated carbocycles. The Morgan fingerprint density at radius 2 is 1.89 bits per heavy atom. The lowest BCUT2D eigenvalue weighted by Crippen LogP contribution is -2.39. The molecule has 2 aromatic rings. The molecule has 0 fully saturated rings. The van der Waals surface area contributed by atoms with E-state index in [1.165, 1.54) is 5.56 Å². The van der Waals surface area contributed by atoms with Gasteiger partial charge in [0.15, 0.2) is 12.4 Å². The molecule has 3 nitrogen and oxygen atoms in total. The number of pyridine rings is 1. The zero-order valence-electron chi connectivity index (χ0n) is 11.0. The quantitative estimate of drug-likeness (QED) is 0.859. The predicted molar refractivity (Wildman–Crippen MR) is 76.2 cm³/mol. The summed E-state index contributed by atoms with van der Waals surface area (Å²) < 4.78 is 1.84. The maximum Gasteiger partial charge on any atom is 0.290 e. The van der Waals surface area contributed by atoms with Crippen LogP contribution in [-0.4, -0.2) is 5.91 Å². The summed E-state index contributed by atoms with van der Waals surface area (Å²) in [5.74, 6) is -0.0702. The number of halogens is 1. The summed E-state index contributed by atoms with van der Waals surface area (Å²) in [4.78, 5) is 12.0. The first-order valence-corrected chi connectivity index (χ1v) is 6.44. The van der Waals surface area contributed by atoms with Gasteiger partial charge in [-0.3, -0.25) is 4.79 Å². The highest BCUT2D eigenvalue weighted by Gasteiger charge is 2.10. The highest BCUT2D eigenvalue weighted by atomic mass is 35.5. The van der Waals surface area contributed by atoms with Gasteiger partial charge in [0, 0.05) is 22.8 Å². The van der Waals surface area contributed by atoms with Crippen LogP contribution in [0.3, 0.4) is 0 Å². The van der Waals surface area contributed by atoms with E-state index in [1.807, 2.05) is 49.0 Å². The SMILES string of the molecule is Cc1cc[n+](CC(=O)Nc2cc(Cl)ccc2C)cc1. The van der Waals surface area contributed by atoms with E-state index in [9.17, 15) is 4.79 Å². The number of rotatable bonds is 3. The third kappa shape index (κ3) is 3.80. The normalized spacial score (nSPS) is 10.3. The zero-order valence-corrected chi connectivity index (χ0v) is 11.7. The second-order valence-corrected chi connectivity index (χ2v) is 4.99. The second kappa shape index (κ2) is 5.85. The van der Waals surface area contributed by atoms with E-state index < -0.39 is 0 Å². The van der Waals surface area contributed by atoms with E-state index in [-0.39, 0.29) is 12.5 Å². The van der Waals surface area contributed by atoms with Crippen molar-refractivity contribution in [2.24, 2.45) is 0 Å². The molecule has 0 bridgehead atoms. The van der Waals surface area contributed by atoms with Crippen LogP contribution in [0.15, 0.2) is 42.7 Å². The van der Waals surface area contributed by atoms with Crippen LogP contribution in [0.25, 0.3) is 0 Å². The van der Waals surface area contributed by atoms with Gasteiger partial charge in [-0.05, 0) is 37.1 Å². The number of hydrogen-bond donors (Lipinski definition) is 1. The van der Waals surface area contributed by atoms with Crippen molar-refractivity contribution >= 4 is 23.2 Å². The summed E-state index contributed by atoms with van der Waals surface area (Å²) in [7, 11) is 0. The van der Waals surface area contributed by atoms with Gasteiger partial charge in [-0.15, -0.1) is 0 Å². The summed E-state index contributed by atoms with van der Waals surface area (Å²) in [6, 6.07) is 9.39. The van der Waals surface area contributed by atoms with Crippen LogP contribution in [0.5, 0.6) is 0 Å². The van der Waals surface area contributed by atoms with Crippen LogP contribution < -0.4 is 9.88 Å². The van der Waals surface area contributed by atoms with Crippen LogP contribution in [-0.2, 0) is 11.3 Å². The second-order valence-electron chi connectivity index (χ2n) is 4.56. The molecule has 19 heavy (non-hydrogen) atoms. The Labute approximate surface area is 117 Å². The Morgan fingerprint density at radius 3 is 2.58 bits per heavy atom. The summed E-state index contributed by atoms with van der Waals surface area (Å²) in [5, 5.41) is 3.48. The van der Waals surface area contributed by atoms with Gasteiger partial charge < -0.3 is 5.32 Å². The van der Waals surface area contributed by atoms with E-state index in [1.54, 1.807) is 12.1 Å². The lowest BCUT2D eigenvalue weighted by molar-refractivity contribution is -0.684. The average Bonchev–Trinajstić information content (AvgIpc) is 2.37. The Kier molecular flexibility index (Phi) is 4.17. The van der Waals surface area contributed by atoms with Gasteiger partial charge >= 0.3 is 0 Å². The molecule has 98 valence electrons. The van der Waals surface area contributed by atoms with Crippen molar-refractivity contribution in [1.29, 1.82) is 0 Å². The maximum absolute atomic E-state index is 12.0. The Morgan fingerprint density at radius 1 is 1.21 bits per heavy atom. The number of nitrogens with zero attached hydrogens (tertiary/aromatic N) is 1. The molecular weight excluding hydrogens is 260 g/mol. The Balaban J connectivity index is 2.05. The molecule has 1 N–H and O–H groups in total. The van der Waals surface area contributed by atoms with Crippen LogP contribution in [0.4, 0.5) is 5.69 Å². The van der Waals surface area contributed by atoms with Crippen molar-refractivity contribution in [3.63, 3.8) is 0 Å². The topological polar surface area (TPSA) is 33.0 Å². The summed E-state index contributed by atoms with van der Waals surface area (Å²) in [6.07, 6.45) is 3.78. The molecule has 0 unspecified atom stereocenters. The minimum Gasteiger partial charge on any atom is -0.320 e. The minimum absolute atomic E-state index is 0.0702. The molecule has 0 saturated heterocycles. The Hall–Kier alpha value is -1.87. The highest BCUT2D eigenvalue weighted by Crippen LogP contribution is 2.19. The third-order valence-corrected chi connectivity index (χ3v) is 3.09. The number of aryl methyl sites for hydroxylation is 2. The lowest BCUT2D eigenvalue weighted by Gasteiger charge is -2.07. The molecule has 0 aliphatic carbocycles. The molecule has 1 aromatic heterocycles. The first-order valence-electron chi connectivity index (χ1n) is 6.06. The summed E-state index contributed by atoms with van der Waals surface area (Å²) in [5.41, 5.74) is 2.92. The smallest absolute Gasteiger partial charge is 0.290 e. The maximum atomic E-state index is 12.0. The fourth-order valence-corrected chi connectivity index (χ4v) is 1.89. The molecule has 1 heterocycles. The van der Waals surface area contributed by atoms with Crippen molar-refractivity contribution in [3.8, 4) is 0 Å². The fraction of sp³-hybridized carbons (Fsp3) is 0.200. The third-order valence-electron chi connectivity index (χ3n) is 2.86. The van der Waals surface area contributed by atoms with Gasteiger partial charge in [-0.25, -0.2) is 0 Å². The number of aromatic nitrogens is 1. The van der Waals surface area contributed by atoms with Crippen molar-refractivity contribution < 1.29 is 9.36 Å². The number of benzene rings is 1. The van der Waals surface area contributed by atoms with E-state index in [2.05, 4.69) is 5.32 Å². The van der Waals surface area contributed by atoms with Crippen LogP contribution in [0, 0.1) is 13.8 Å². The van der Waals surface area contributed by atoms with E-state index in [4.69, 9.17) is 11.6 Å². The molecule has 2 rings (SSSR count). The largest absolute Gasteiger partial charge is 0.320 e. The number of anilines is 1. The van der Waals surface area contributed by atoms with E-state index in [0.717, 1.165) is 11.3 Å². The van der Waals surface area contributed by atoms with Crippen molar-refractivity contribution in [2.75, 3.05) is 5.32 Å². The molecule has 0 aliphatic rings. The van der Waals surface area contributed by atoms with Crippen molar-refractivity contribution in [1.82, 2.24) is 0 Å². The number of amides is 1. The van der Waals surface area contributed by atoms with Gasteiger partial charge in [-0.1, -0.05) is 17.7 Å². The first-order chi connectivity index (χ1) is 9.04. The molecule has 0 aliphatic heterocycles. The predicted octanol–water partition coefficient (Wildman–Crippen LogP) is 2.88. The van der Waals surface area contributed by atoms with Crippen LogP contribution in [0.1, 0.15) is 11.1 Å². The van der Waals surface area contributed by atoms with E-state index in [0.29, 0.717) is 5.02 Å². The molecule has 0 spiro atoms. The number of nitrogens with one attached hydrogen (secondary N) is 1. The average molecular weight is 276 g/mol. The molecule has 0 atom stereocenters. The van der Waals surface area contributed by atoms with Gasteiger partial charge in [-0.2, -0.15) is 4.57 Å². The monoisotopic (exact) mass is 275 g/mol. The highest BCUT2D eigenvalue weighted by molar-refractivity contribution is 6.31. The van der Waals surface area contributed by atoms with E-state index >= 15 is 0 Å². The number of carbonyl (C=O) groups is 1. The van der Waals surface area contributed by atoms with Crippen molar-refractivity contribution in [2.45, 2.75) is 20.4 Å². The van der Waals surface area contributed by atoms with Crippen LogP contribution in [0.2, 0.25) is 5.02 Å². The first kappa shape index (κ1) is 13.6. The lowest BCUT2D eigenvalue weighted by atomic mass is 10.2. The standard InChI is InChI=1S/C15H15ClN2O/c1-11-5-7-18(8-6-11)10-15(19)17-14-9-13(16)4-3-12(14)2/h3-9H,10H2,1-2H3/p+1. The zero-order chi connectivity index (χ0) is 13.8. The summed E-state index contributed by atoms with van der Waals surface area (Å²) in [6.45, 7) is 4.23. The van der Waals surface area contributed by atoms with Crippen LogP contribution >= 0.6 is 11.6 Å². The Bertz CT molecular complexity index is 594. The molecule has 1 amide bonds. The number of hydrogen-bond acceptors (Lipinski definition) is 1.